The summed E-state index contributed by atoms with van der Waals surface area (Å²) in [4.78, 5) is 45.9. The summed E-state index contributed by atoms with van der Waals surface area (Å²) in [6.07, 6.45) is 3.94. The Hall–Kier alpha value is -4.19. The lowest BCUT2D eigenvalue weighted by atomic mass is 9.64. The monoisotopic (exact) mass is 578 g/mol. The van der Waals surface area contributed by atoms with E-state index in [4.69, 9.17) is 23.2 Å². The second kappa shape index (κ2) is 9.44. The van der Waals surface area contributed by atoms with Crippen LogP contribution in [0.15, 0.2) is 97.1 Å². The van der Waals surface area contributed by atoms with Crippen LogP contribution in [0, 0.1) is 12.8 Å². The van der Waals surface area contributed by atoms with E-state index in [1.165, 1.54) is 6.07 Å². The van der Waals surface area contributed by atoms with E-state index in [2.05, 4.69) is 5.32 Å². The topological polar surface area (TPSA) is 66.5 Å². The molecule has 0 unspecified atom stereocenters. The number of fused-ring (bicyclic) bond motifs is 6. The highest BCUT2D eigenvalue weighted by atomic mass is 35.5. The van der Waals surface area contributed by atoms with Crippen LogP contribution in [0.4, 0.5) is 11.4 Å². The third-order valence-corrected chi connectivity index (χ3v) is 9.14. The Kier molecular flexibility index (Phi) is 5.93. The quantitative estimate of drug-likeness (QED) is 0.261. The van der Waals surface area contributed by atoms with Gasteiger partial charge < -0.3 is 10.2 Å². The van der Waals surface area contributed by atoms with Gasteiger partial charge in [-0.25, -0.2) is 0 Å². The van der Waals surface area contributed by atoms with E-state index in [9.17, 15) is 14.4 Å². The molecule has 5 nitrogen and oxygen atoms in total. The minimum absolute atomic E-state index is 0.173. The zero-order valence-electron chi connectivity index (χ0n) is 22.0. The van der Waals surface area contributed by atoms with Crippen LogP contribution in [0.2, 0.25) is 10.0 Å². The summed E-state index contributed by atoms with van der Waals surface area (Å²) < 4.78 is 0. The van der Waals surface area contributed by atoms with Gasteiger partial charge in [-0.05, 0) is 53.9 Å². The van der Waals surface area contributed by atoms with Gasteiger partial charge in [0.15, 0.2) is 11.6 Å². The van der Waals surface area contributed by atoms with Gasteiger partial charge in [-0.2, -0.15) is 0 Å². The van der Waals surface area contributed by atoms with Gasteiger partial charge in [0.1, 0.15) is 11.5 Å². The Balaban J connectivity index is 1.56. The van der Waals surface area contributed by atoms with Crippen LogP contribution in [0.25, 0.3) is 6.08 Å². The minimum Gasteiger partial charge on any atom is -0.352 e. The number of ketones is 2. The number of benzene rings is 4. The number of halogens is 2. The SMILES string of the molecule is Cc1ccc2c(c1)N1[C@@H](C(=O)c3ccccc3)[C@@H](C(=O)c3ccc(Cl)cc3Cl)[C@@]3(C(=O)Nc4ccccc43)[C@H]1C=C2. The minimum atomic E-state index is -1.40. The van der Waals surface area contributed by atoms with Crippen molar-refractivity contribution < 1.29 is 14.4 Å². The molecule has 3 aliphatic rings. The molecule has 3 aliphatic heterocycles. The molecule has 4 atom stereocenters. The first kappa shape index (κ1) is 25.8. The van der Waals surface area contributed by atoms with Crippen molar-refractivity contribution in [1.29, 1.82) is 0 Å². The molecule has 1 amide bonds. The molecule has 0 saturated carbocycles. The fourth-order valence-electron chi connectivity index (χ4n) is 6.90. The van der Waals surface area contributed by atoms with Gasteiger partial charge in [0, 0.05) is 27.5 Å². The van der Waals surface area contributed by atoms with E-state index in [1.807, 2.05) is 72.5 Å². The standard InChI is InChI=1S/C34H24Cl2N2O3/c1-19-11-12-20-13-16-28-34(24-9-5-6-10-26(24)37-33(34)41)29(32(40)23-15-14-22(35)18-25(23)36)30(38(28)27(20)17-19)31(39)21-7-3-2-4-8-21/h2-18,28-30H,1H3,(H,37,41)/t28-,29+,30-,34+/m1/s1. The molecule has 202 valence electrons. The molecular weight excluding hydrogens is 555 g/mol. The Morgan fingerprint density at radius 3 is 2.41 bits per heavy atom. The van der Waals surface area contributed by atoms with Crippen molar-refractivity contribution in [3.63, 3.8) is 0 Å². The third-order valence-electron chi connectivity index (χ3n) is 8.60. The first-order valence-corrected chi connectivity index (χ1v) is 14.1. The van der Waals surface area contributed by atoms with Crippen molar-refractivity contribution in [2.24, 2.45) is 5.92 Å². The van der Waals surface area contributed by atoms with E-state index in [1.54, 1.807) is 36.4 Å². The summed E-state index contributed by atoms with van der Waals surface area (Å²) in [5.74, 6) is -2.04. The molecule has 0 radical (unpaired) electrons. The number of amides is 1. The van der Waals surface area contributed by atoms with Crippen LogP contribution in [-0.4, -0.2) is 29.6 Å². The number of carbonyl (C=O) groups is 3. The van der Waals surface area contributed by atoms with E-state index in [0.29, 0.717) is 21.8 Å². The highest BCUT2D eigenvalue weighted by Gasteiger charge is 2.70. The number of nitrogens with zero attached hydrogens (tertiary/aromatic N) is 1. The number of rotatable bonds is 4. The van der Waals surface area contributed by atoms with E-state index < -0.39 is 23.4 Å². The Morgan fingerprint density at radius 1 is 0.878 bits per heavy atom. The van der Waals surface area contributed by atoms with Crippen molar-refractivity contribution >= 4 is 58.1 Å². The van der Waals surface area contributed by atoms with Gasteiger partial charge in [-0.3, -0.25) is 14.4 Å². The fraction of sp³-hybridized carbons (Fsp3) is 0.147. The predicted molar refractivity (Wildman–Crippen MR) is 162 cm³/mol. The molecule has 4 aromatic carbocycles. The van der Waals surface area contributed by atoms with Gasteiger partial charge in [-0.15, -0.1) is 0 Å². The van der Waals surface area contributed by atoms with Gasteiger partial charge in [-0.1, -0.05) is 96.0 Å². The number of nitrogens with one attached hydrogen (secondary N) is 1. The van der Waals surface area contributed by atoms with Crippen molar-refractivity contribution in [3.8, 4) is 0 Å². The van der Waals surface area contributed by atoms with Gasteiger partial charge in [0.2, 0.25) is 5.91 Å². The molecule has 0 aromatic heterocycles. The summed E-state index contributed by atoms with van der Waals surface area (Å²) in [6.45, 7) is 1.99. The number of hydrogen-bond acceptors (Lipinski definition) is 4. The highest BCUT2D eigenvalue weighted by molar-refractivity contribution is 6.37. The van der Waals surface area contributed by atoms with Crippen LogP contribution in [0.5, 0.6) is 0 Å². The smallest absolute Gasteiger partial charge is 0.238 e. The molecule has 4 aromatic rings. The number of anilines is 2. The summed E-state index contributed by atoms with van der Waals surface area (Å²) >= 11 is 12.8. The number of para-hydroxylation sites is 1. The zero-order valence-corrected chi connectivity index (χ0v) is 23.5. The maximum Gasteiger partial charge on any atom is 0.238 e. The third kappa shape index (κ3) is 3.66. The van der Waals surface area contributed by atoms with Crippen LogP contribution in [-0.2, 0) is 10.2 Å². The zero-order chi connectivity index (χ0) is 28.5. The van der Waals surface area contributed by atoms with E-state index in [0.717, 1.165) is 16.8 Å². The molecule has 3 heterocycles. The Bertz CT molecular complexity index is 1800. The molecule has 0 bridgehead atoms. The first-order valence-electron chi connectivity index (χ1n) is 13.4. The average Bonchev–Trinajstić information content (AvgIpc) is 3.45. The van der Waals surface area contributed by atoms with Crippen LogP contribution >= 0.6 is 23.2 Å². The molecule has 7 rings (SSSR count). The summed E-state index contributed by atoms with van der Waals surface area (Å²) in [7, 11) is 0. The summed E-state index contributed by atoms with van der Waals surface area (Å²) in [6, 6.07) is 25.5. The lowest BCUT2D eigenvalue weighted by molar-refractivity contribution is -0.121. The molecule has 1 N–H and O–H groups in total. The lowest BCUT2D eigenvalue weighted by Crippen LogP contribution is -2.51. The normalized spacial score (nSPS) is 23.6. The van der Waals surface area contributed by atoms with Gasteiger partial charge >= 0.3 is 0 Å². The molecule has 1 fully saturated rings. The predicted octanol–water partition coefficient (Wildman–Crippen LogP) is 7.16. The molecule has 1 spiro atoms. The van der Waals surface area contributed by atoms with Crippen LogP contribution in [0.3, 0.4) is 0 Å². The van der Waals surface area contributed by atoms with Crippen LogP contribution < -0.4 is 10.2 Å². The van der Waals surface area contributed by atoms with E-state index in [-0.39, 0.29) is 28.1 Å². The number of hydrogen-bond donors (Lipinski definition) is 1. The Morgan fingerprint density at radius 2 is 1.63 bits per heavy atom. The second-order valence-corrected chi connectivity index (χ2v) is 11.6. The van der Waals surface area contributed by atoms with Crippen molar-refractivity contribution in [2.45, 2.75) is 24.4 Å². The van der Waals surface area contributed by atoms with E-state index >= 15 is 0 Å². The first-order chi connectivity index (χ1) is 19.8. The maximum atomic E-state index is 14.9. The lowest BCUT2D eigenvalue weighted by Gasteiger charge is -2.37. The van der Waals surface area contributed by atoms with Crippen molar-refractivity contribution in [3.05, 3.63) is 135 Å². The summed E-state index contributed by atoms with van der Waals surface area (Å²) in [5.41, 5.74) is 3.33. The molecule has 1 saturated heterocycles. The molecular formula is C34H24Cl2N2O3. The van der Waals surface area contributed by atoms with Crippen molar-refractivity contribution in [1.82, 2.24) is 0 Å². The van der Waals surface area contributed by atoms with Gasteiger partial charge in [0.05, 0.1) is 17.0 Å². The maximum absolute atomic E-state index is 14.9. The molecule has 7 heteroatoms. The Labute approximate surface area is 247 Å². The van der Waals surface area contributed by atoms with Gasteiger partial charge in [0.25, 0.3) is 0 Å². The molecule has 0 aliphatic carbocycles. The average molecular weight is 579 g/mol. The fourth-order valence-corrected chi connectivity index (χ4v) is 7.41. The summed E-state index contributed by atoms with van der Waals surface area (Å²) in [5, 5.41) is 3.60. The van der Waals surface area contributed by atoms with Crippen molar-refractivity contribution in [2.75, 3.05) is 10.2 Å². The number of Topliss-reactive ketones (excluding diaryl/α,β-unsaturated/α-hetero) is 2. The molecule has 41 heavy (non-hydrogen) atoms. The van der Waals surface area contributed by atoms with Crippen LogP contribution in [0.1, 0.15) is 37.4 Å². The second-order valence-electron chi connectivity index (χ2n) is 10.8. The highest BCUT2D eigenvalue weighted by Crippen LogP contribution is 2.58. The largest absolute Gasteiger partial charge is 0.352 e. The number of aryl methyl sites for hydroxylation is 1. The number of carbonyl (C=O) groups excluding carboxylic acids is 3.